The molecule has 2 heterocycles. The average molecular weight is 320 g/mol. The number of primary amides is 1. The zero-order chi connectivity index (χ0) is 17.0. The van der Waals surface area contributed by atoms with Gasteiger partial charge in [0, 0.05) is 33.6 Å². The second-order valence-electron chi connectivity index (χ2n) is 5.74. The van der Waals surface area contributed by atoms with Crippen LogP contribution in [-0.4, -0.2) is 49.5 Å². The van der Waals surface area contributed by atoms with E-state index in [-0.39, 0.29) is 17.9 Å². The number of carbonyl (C=O) groups is 2. The molecular formula is C15H24N6O2. The molecule has 1 unspecified atom stereocenters. The van der Waals surface area contributed by atoms with E-state index >= 15 is 0 Å². The SMILES string of the molecule is CC(=O)NCCN(C)c1nc(N2CCCC2C(N)=O)ccc1N. The van der Waals surface area contributed by atoms with Crippen LogP contribution in [0.2, 0.25) is 0 Å². The Labute approximate surface area is 135 Å². The van der Waals surface area contributed by atoms with E-state index in [0.29, 0.717) is 30.4 Å². The summed E-state index contributed by atoms with van der Waals surface area (Å²) in [6.07, 6.45) is 1.66. The Hall–Kier alpha value is -2.51. The third-order valence-electron chi connectivity index (χ3n) is 3.95. The van der Waals surface area contributed by atoms with Gasteiger partial charge >= 0.3 is 0 Å². The molecule has 2 amide bonds. The summed E-state index contributed by atoms with van der Waals surface area (Å²) in [7, 11) is 1.86. The van der Waals surface area contributed by atoms with Crippen LogP contribution in [0.15, 0.2) is 12.1 Å². The summed E-state index contributed by atoms with van der Waals surface area (Å²) in [5, 5.41) is 2.74. The van der Waals surface area contributed by atoms with Crippen molar-refractivity contribution in [1.29, 1.82) is 0 Å². The highest BCUT2D eigenvalue weighted by molar-refractivity contribution is 5.84. The van der Waals surface area contributed by atoms with Crippen molar-refractivity contribution in [3.05, 3.63) is 12.1 Å². The van der Waals surface area contributed by atoms with Crippen LogP contribution in [0.5, 0.6) is 0 Å². The molecular weight excluding hydrogens is 296 g/mol. The molecule has 8 heteroatoms. The summed E-state index contributed by atoms with van der Waals surface area (Å²) in [6.45, 7) is 3.31. The molecule has 0 bridgehead atoms. The zero-order valence-electron chi connectivity index (χ0n) is 13.6. The Bertz CT molecular complexity index is 591. The van der Waals surface area contributed by atoms with Crippen molar-refractivity contribution >= 4 is 29.1 Å². The first-order valence-electron chi connectivity index (χ1n) is 7.68. The van der Waals surface area contributed by atoms with Crippen LogP contribution in [-0.2, 0) is 9.59 Å². The third kappa shape index (κ3) is 4.02. The van der Waals surface area contributed by atoms with Gasteiger partial charge in [-0.2, -0.15) is 0 Å². The molecule has 0 saturated carbocycles. The van der Waals surface area contributed by atoms with Gasteiger partial charge in [-0.25, -0.2) is 4.98 Å². The highest BCUT2D eigenvalue weighted by Gasteiger charge is 2.30. The Morgan fingerprint density at radius 1 is 1.48 bits per heavy atom. The van der Waals surface area contributed by atoms with Crippen molar-refractivity contribution in [2.24, 2.45) is 5.73 Å². The number of amides is 2. The fourth-order valence-corrected chi connectivity index (χ4v) is 2.76. The molecule has 5 N–H and O–H groups in total. The number of hydrogen-bond donors (Lipinski definition) is 3. The monoisotopic (exact) mass is 320 g/mol. The summed E-state index contributed by atoms with van der Waals surface area (Å²) in [4.78, 5) is 30.9. The second kappa shape index (κ2) is 7.17. The Balaban J connectivity index is 2.15. The highest BCUT2D eigenvalue weighted by atomic mass is 16.2. The number of pyridine rings is 1. The lowest BCUT2D eigenvalue weighted by Crippen LogP contribution is -2.41. The summed E-state index contributed by atoms with van der Waals surface area (Å²) < 4.78 is 0. The van der Waals surface area contributed by atoms with E-state index in [2.05, 4.69) is 10.3 Å². The maximum atomic E-state index is 11.6. The molecule has 0 aliphatic carbocycles. The number of nitrogen functional groups attached to an aromatic ring is 1. The Kier molecular flexibility index (Phi) is 5.25. The molecule has 2 rings (SSSR count). The second-order valence-corrected chi connectivity index (χ2v) is 5.74. The van der Waals surface area contributed by atoms with Crippen LogP contribution in [0.1, 0.15) is 19.8 Å². The van der Waals surface area contributed by atoms with Gasteiger partial charge in [0.15, 0.2) is 5.82 Å². The van der Waals surface area contributed by atoms with Gasteiger partial charge in [-0.05, 0) is 25.0 Å². The first-order chi connectivity index (χ1) is 10.9. The number of rotatable bonds is 6. The van der Waals surface area contributed by atoms with Gasteiger partial charge in [-0.1, -0.05) is 0 Å². The minimum Gasteiger partial charge on any atom is -0.396 e. The van der Waals surface area contributed by atoms with Crippen LogP contribution in [0.3, 0.4) is 0 Å². The van der Waals surface area contributed by atoms with E-state index in [1.54, 1.807) is 6.07 Å². The summed E-state index contributed by atoms with van der Waals surface area (Å²) in [5.74, 6) is 0.918. The van der Waals surface area contributed by atoms with Gasteiger partial charge in [-0.15, -0.1) is 0 Å². The number of likely N-dealkylation sites (N-methyl/N-ethyl adjacent to an activating group) is 1. The largest absolute Gasteiger partial charge is 0.396 e. The predicted octanol–water partition coefficient (Wildman–Crippen LogP) is -0.310. The van der Waals surface area contributed by atoms with Gasteiger partial charge in [0.05, 0.1) is 5.69 Å². The zero-order valence-corrected chi connectivity index (χ0v) is 13.6. The lowest BCUT2D eigenvalue weighted by atomic mass is 10.2. The Morgan fingerprint density at radius 3 is 2.87 bits per heavy atom. The maximum Gasteiger partial charge on any atom is 0.240 e. The van der Waals surface area contributed by atoms with E-state index in [9.17, 15) is 9.59 Å². The molecule has 1 aromatic heterocycles. The minimum atomic E-state index is -0.332. The molecule has 0 spiro atoms. The van der Waals surface area contributed by atoms with Crippen molar-refractivity contribution in [2.75, 3.05) is 42.2 Å². The molecule has 126 valence electrons. The normalized spacial score (nSPS) is 17.1. The number of nitrogens with one attached hydrogen (secondary N) is 1. The van der Waals surface area contributed by atoms with Crippen molar-refractivity contribution in [3.63, 3.8) is 0 Å². The van der Waals surface area contributed by atoms with E-state index in [1.165, 1.54) is 6.92 Å². The molecule has 1 aliphatic rings. The first kappa shape index (κ1) is 16.9. The number of nitrogens with two attached hydrogens (primary N) is 2. The summed E-state index contributed by atoms with van der Waals surface area (Å²) in [5.41, 5.74) is 12.0. The lowest BCUT2D eigenvalue weighted by Gasteiger charge is -2.26. The quantitative estimate of drug-likeness (QED) is 0.662. The van der Waals surface area contributed by atoms with Crippen molar-refractivity contribution in [3.8, 4) is 0 Å². The van der Waals surface area contributed by atoms with Crippen LogP contribution < -0.4 is 26.6 Å². The number of aromatic nitrogens is 1. The molecule has 1 atom stereocenters. The molecule has 8 nitrogen and oxygen atoms in total. The molecule has 1 aromatic rings. The van der Waals surface area contributed by atoms with Gasteiger partial charge < -0.3 is 26.6 Å². The average Bonchev–Trinajstić information content (AvgIpc) is 2.96. The van der Waals surface area contributed by atoms with E-state index in [0.717, 1.165) is 19.4 Å². The molecule has 1 aliphatic heterocycles. The predicted molar refractivity (Wildman–Crippen MR) is 90.2 cm³/mol. The van der Waals surface area contributed by atoms with Gasteiger partial charge in [0.1, 0.15) is 11.9 Å². The summed E-state index contributed by atoms with van der Waals surface area (Å²) >= 11 is 0. The van der Waals surface area contributed by atoms with E-state index < -0.39 is 0 Å². The molecule has 0 aromatic carbocycles. The van der Waals surface area contributed by atoms with E-state index in [4.69, 9.17) is 11.5 Å². The van der Waals surface area contributed by atoms with Gasteiger partial charge in [-0.3, -0.25) is 9.59 Å². The lowest BCUT2D eigenvalue weighted by molar-refractivity contribution is -0.119. The number of anilines is 3. The number of hydrogen-bond acceptors (Lipinski definition) is 6. The van der Waals surface area contributed by atoms with Crippen molar-refractivity contribution in [1.82, 2.24) is 10.3 Å². The smallest absolute Gasteiger partial charge is 0.240 e. The van der Waals surface area contributed by atoms with Crippen LogP contribution >= 0.6 is 0 Å². The van der Waals surface area contributed by atoms with Crippen molar-refractivity contribution < 1.29 is 9.59 Å². The Morgan fingerprint density at radius 2 is 2.22 bits per heavy atom. The molecule has 23 heavy (non-hydrogen) atoms. The van der Waals surface area contributed by atoms with E-state index in [1.807, 2.05) is 22.9 Å². The van der Waals surface area contributed by atoms with Crippen molar-refractivity contribution in [2.45, 2.75) is 25.8 Å². The molecule has 0 radical (unpaired) electrons. The fraction of sp³-hybridized carbons (Fsp3) is 0.533. The first-order valence-corrected chi connectivity index (χ1v) is 7.68. The van der Waals surface area contributed by atoms with Crippen LogP contribution in [0, 0.1) is 0 Å². The maximum absolute atomic E-state index is 11.6. The van der Waals surface area contributed by atoms with Crippen LogP contribution in [0.4, 0.5) is 17.3 Å². The number of nitrogens with zero attached hydrogens (tertiary/aromatic N) is 3. The third-order valence-corrected chi connectivity index (χ3v) is 3.95. The molecule has 1 fully saturated rings. The molecule has 1 saturated heterocycles. The fourth-order valence-electron chi connectivity index (χ4n) is 2.76. The minimum absolute atomic E-state index is 0.0746. The highest BCUT2D eigenvalue weighted by Crippen LogP contribution is 2.28. The van der Waals surface area contributed by atoms with Gasteiger partial charge in [0.25, 0.3) is 0 Å². The van der Waals surface area contributed by atoms with Crippen LogP contribution in [0.25, 0.3) is 0 Å². The standard InChI is InChI=1S/C15H24N6O2/c1-10(22)18-7-9-20(2)15-11(16)5-6-13(19-15)21-8-3-4-12(21)14(17)23/h5-6,12H,3-4,7-9,16H2,1-2H3,(H2,17,23)(H,18,22). The van der Waals surface area contributed by atoms with Gasteiger partial charge in [0.2, 0.25) is 11.8 Å². The number of carbonyl (C=O) groups excluding carboxylic acids is 2. The topological polar surface area (TPSA) is 118 Å². The summed E-state index contributed by atoms with van der Waals surface area (Å²) in [6, 6.07) is 3.27.